The topological polar surface area (TPSA) is 66.4 Å². The molecule has 1 amide bonds. The molecule has 4 nitrogen and oxygen atoms in total. The third kappa shape index (κ3) is 2.67. The fourth-order valence-electron chi connectivity index (χ4n) is 2.05. The largest absolute Gasteiger partial charge is 0.481 e. The molecule has 5 heteroatoms. The highest BCUT2D eigenvalue weighted by molar-refractivity contribution is 7.98. The zero-order valence-electron chi connectivity index (χ0n) is 10.1. The Balaban J connectivity index is 2.01. The van der Waals surface area contributed by atoms with E-state index in [-0.39, 0.29) is 11.8 Å². The molecule has 2 atom stereocenters. The Labute approximate surface area is 110 Å². The number of carbonyl (C=O) groups excluding carboxylic acids is 1. The average molecular weight is 265 g/mol. The Bertz CT molecular complexity index is 475. The van der Waals surface area contributed by atoms with E-state index in [2.05, 4.69) is 5.32 Å². The molecule has 0 radical (unpaired) electrons. The molecule has 0 spiro atoms. The minimum Gasteiger partial charge on any atom is -0.481 e. The second kappa shape index (κ2) is 5.44. The number of carbonyl (C=O) groups is 2. The van der Waals surface area contributed by atoms with Crippen LogP contribution in [0.25, 0.3) is 0 Å². The van der Waals surface area contributed by atoms with Crippen LogP contribution in [0.1, 0.15) is 12.8 Å². The van der Waals surface area contributed by atoms with E-state index in [4.69, 9.17) is 5.11 Å². The molecule has 96 valence electrons. The van der Waals surface area contributed by atoms with Gasteiger partial charge in [0.1, 0.15) is 0 Å². The van der Waals surface area contributed by atoms with Crippen LogP contribution >= 0.6 is 11.8 Å². The average Bonchev–Trinajstić information content (AvgIpc) is 2.26. The number of rotatable bonds is 4. The number of amides is 1. The number of aliphatic carboxylic acids is 1. The maximum atomic E-state index is 11.9. The van der Waals surface area contributed by atoms with Crippen molar-refractivity contribution in [3.8, 4) is 0 Å². The summed E-state index contributed by atoms with van der Waals surface area (Å²) < 4.78 is 0. The van der Waals surface area contributed by atoms with Crippen LogP contribution in [-0.2, 0) is 9.59 Å². The first-order valence-electron chi connectivity index (χ1n) is 5.79. The van der Waals surface area contributed by atoms with Crippen molar-refractivity contribution < 1.29 is 14.7 Å². The van der Waals surface area contributed by atoms with Gasteiger partial charge in [0.05, 0.1) is 11.8 Å². The molecule has 1 aliphatic rings. The quantitative estimate of drug-likeness (QED) is 0.821. The van der Waals surface area contributed by atoms with E-state index in [0.717, 1.165) is 10.6 Å². The zero-order chi connectivity index (χ0) is 13.1. The lowest BCUT2D eigenvalue weighted by atomic mass is 9.73. The molecule has 0 aliphatic heterocycles. The SMILES string of the molecule is CSc1cccc(NC(=O)C2CCC2C(=O)O)c1. The number of carboxylic acids is 1. The summed E-state index contributed by atoms with van der Waals surface area (Å²) in [6.07, 6.45) is 3.22. The van der Waals surface area contributed by atoms with Gasteiger partial charge in [-0.1, -0.05) is 6.07 Å². The number of carboxylic acid groups (broad SMARTS) is 1. The predicted octanol–water partition coefficient (Wildman–Crippen LogP) is 2.46. The molecule has 2 rings (SSSR count). The Morgan fingerprint density at radius 2 is 2.06 bits per heavy atom. The number of hydrogen-bond acceptors (Lipinski definition) is 3. The van der Waals surface area contributed by atoms with Crippen molar-refractivity contribution in [2.45, 2.75) is 17.7 Å². The number of anilines is 1. The van der Waals surface area contributed by atoms with Gasteiger partial charge >= 0.3 is 5.97 Å². The third-order valence-corrected chi connectivity index (χ3v) is 3.99. The Morgan fingerprint density at radius 3 is 2.61 bits per heavy atom. The zero-order valence-corrected chi connectivity index (χ0v) is 10.9. The van der Waals surface area contributed by atoms with Crippen molar-refractivity contribution in [3.05, 3.63) is 24.3 Å². The number of thioether (sulfide) groups is 1. The lowest BCUT2D eigenvalue weighted by Crippen LogP contribution is -2.41. The van der Waals surface area contributed by atoms with Crippen LogP contribution in [0.5, 0.6) is 0 Å². The molecular weight excluding hydrogens is 250 g/mol. The van der Waals surface area contributed by atoms with E-state index < -0.39 is 11.9 Å². The van der Waals surface area contributed by atoms with Gasteiger partial charge in [-0.25, -0.2) is 0 Å². The predicted molar refractivity (Wildman–Crippen MR) is 70.7 cm³/mol. The summed E-state index contributed by atoms with van der Waals surface area (Å²) in [6.45, 7) is 0. The molecule has 2 unspecified atom stereocenters. The summed E-state index contributed by atoms with van der Waals surface area (Å²) in [6, 6.07) is 7.53. The Hall–Kier alpha value is -1.49. The summed E-state index contributed by atoms with van der Waals surface area (Å²) in [7, 11) is 0. The van der Waals surface area contributed by atoms with Gasteiger partial charge < -0.3 is 10.4 Å². The first-order chi connectivity index (χ1) is 8.61. The fraction of sp³-hybridized carbons (Fsp3) is 0.385. The number of hydrogen-bond donors (Lipinski definition) is 2. The van der Waals surface area contributed by atoms with Crippen LogP contribution in [0.15, 0.2) is 29.2 Å². The van der Waals surface area contributed by atoms with Gasteiger partial charge in [-0.05, 0) is 37.3 Å². The lowest BCUT2D eigenvalue weighted by Gasteiger charge is -2.31. The van der Waals surface area contributed by atoms with Gasteiger partial charge in [-0.2, -0.15) is 0 Å². The summed E-state index contributed by atoms with van der Waals surface area (Å²) in [5.41, 5.74) is 0.725. The van der Waals surface area contributed by atoms with Crippen molar-refractivity contribution in [1.29, 1.82) is 0 Å². The molecule has 1 aromatic rings. The van der Waals surface area contributed by atoms with Crippen LogP contribution in [-0.4, -0.2) is 23.2 Å². The lowest BCUT2D eigenvalue weighted by molar-refractivity contribution is -0.151. The summed E-state index contributed by atoms with van der Waals surface area (Å²) in [5, 5.41) is 11.7. The van der Waals surface area contributed by atoms with Gasteiger partial charge in [-0.15, -0.1) is 11.8 Å². The van der Waals surface area contributed by atoms with E-state index in [1.165, 1.54) is 0 Å². The molecule has 0 saturated heterocycles. The highest BCUT2D eigenvalue weighted by Gasteiger charge is 2.41. The summed E-state index contributed by atoms with van der Waals surface area (Å²) in [4.78, 5) is 23.9. The van der Waals surface area contributed by atoms with Crippen LogP contribution in [0.3, 0.4) is 0 Å². The molecule has 2 N–H and O–H groups in total. The normalized spacial score (nSPS) is 22.1. The molecule has 0 bridgehead atoms. The monoisotopic (exact) mass is 265 g/mol. The minimum absolute atomic E-state index is 0.188. The van der Waals surface area contributed by atoms with E-state index in [1.807, 2.05) is 30.5 Å². The third-order valence-electron chi connectivity index (χ3n) is 3.27. The highest BCUT2D eigenvalue weighted by atomic mass is 32.2. The van der Waals surface area contributed by atoms with Gasteiger partial charge in [0.25, 0.3) is 0 Å². The molecule has 0 aromatic heterocycles. The van der Waals surface area contributed by atoms with E-state index in [1.54, 1.807) is 11.8 Å². The molecule has 1 fully saturated rings. The standard InChI is InChI=1S/C13H15NO3S/c1-18-9-4-2-3-8(7-9)14-12(15)10-5-6-11(10)13(16)17/h2-4,7,10-11H,5-6H2,1H3,(H,14,15)(H,16,17). The van der Waals surface area contributed by atoms with E-state index >= 15 is 0 Å². The van der Waals surface area contributed by atoms with Crippen molar-refractivity contribution in [1.82, 2.24) is 0 Å². The van der Waals surface area contributed by atoms with Crippen LogP contribution in [0.4, 0.5) is 5.69 Å². The minimum atomic E-state index is -0.876. The second-order valence-corrected chi connectivity index (χ2v) is 5.23. The first kappa shape index (κ1) is 13.0. The molecule has 1 aromatic carbocycles. The smallest absolute Gasteiger partial charge is 0.307 e. The van der Waals surface area contributed by atoms with Crippen LogP contribution < -0.4 is 5.32 Å². The maximum absolute atomic E-state index is 11.9. The first-order valence-corrected chi connectivity index (χ1v) is 7.02. The maximum Gasteiger partial charge on any atom is 0.307 e. The van der Waals surface area contributed by atoms with Crippen LogP contribution in [0, 0.1) is 11.8 Å². The molecule has 1 saturated carbocycles. The van der Waals surface area contributed by atoms with Gasteiger partial charge in [-0.3, -0.25) is 9.59 Å². The Morgan fingerprint density at radius 1 is 1.33 bits per heavy atom. The van der Waals surface area contributed by atoms with Crippen LogP contribution in [0.2, 0.25) is 0 Å². The van der Waals surface area contributed by atoms with E-state index in [9.17, 15) is 9.59 Å². The van der Waals surface area contributed by atoms with Gasteiger partial charge in [0.15, 0.2) is 0 Å². The number of nitrogens with one attached hydrogen (secondary N) is 1. The fourth-order valence-corrected chi connectivity index (χ4v) is 2.50. The number of benzene rings is 1. The summed E-state index contributed by atoms with van der Waals surface area (Å²) >= 11 is 1.60. The molecule has 0 heterocycles. The second-order valence-electron chi connectivity index (χ2n) is 4.35. The Kier molecular flexibility index (Phi) is 3.91. The van der Waals surface area contributed by atoms with Gasteiger partial charge in [0, 0.05) is 10.6 Å². The molecule has 18 heavy (non-hydrogen) atoms. The highest BCUT2D eigenvalue weighted by Crippen LogP contribution is 2.35. The van der Waals surface area contributed by atoms with E-state index in [0.29, 0.717) is 12.8 Å². The molecule has 1 aliphatic carbocycles. The van der Waals surface area contributed by atoms with Crippen molar-refractivity contribution in [2.75, 3.05) is 11.6 Å². The molecular formula is C13H15NO3S. The van der Waals surface area contributed by atoms with Crippen molar-refractivity contribution >= 4 is 29.3 Å². The summed E-state index contributed by atoms with van der Waals surface area (Å²) in [5.74, 6) is -1.97. The van der Waals surface area contributed by atoms with Crippen molar-refractivity contribution in [2.24, 2.45) is 11.8 Å². The van der Waals surface area contributed by atoms with Gasteiger partial charge in [0.2, 0.25) is 5.91 Å². The van der Waals surface area contributed by atoms with Crippen molar-refractivity contribution in [3.63, 3.8) is 0 Å².